The number of rotatable bonds is 3. The first-order valence-corrected chi connectivity index (χ1v) is 7.77. The average Bonchev–Trinajstić information content (AvgIpc) is 3.24. The summed E-state index contributed by atoms with van der Waals surface area (Å²) in [6.45, 7) is 2.18. The van der Waals surface area contributed by atoms with Crippen molar-refractivity contribution in [3.05, 3.63) is 60.4 Å². The molecule has 1 aliphatic rings. The van der Waals surface area contributed by atoms with Crippen LogP contribution in [0, 0.1) is 0 Å². The summed E-state index contributed by atoms with van der Waals surface area (Å²) in [4.78, 5) is 6.89. The van der Waals surface area contributed by atoms with Crippen molar-refractivity contribution >= 4 is 28.6 Å². The number of furan rings is 1. The van der Waals surface area contributed by atoms with Crippen molar-refractivity contribution in [2.24, 2.45) is 4.99 Å². The predicted molar refractivity (Wildman–Crippen MR) is 91.4 cm³/mol. The number of benzene rings is 2. The van der Waals surface area contributed by atoms with E-state index >= 15 is 0 Å². The van der Waals surface area contributed by atoms with E-state index in [-0.39, 0.29) is 0 Å². The molecule has 3 aromatic rings. The monoisotopic (exact) mass is 290 g/mol. The van der Waals surface area contributed by atoms with Gasteiger partial charge in [-0.3, -0.25) is 4.99 Å². The van der Waals surface area contributed by atoms with Crippen molar-refractivity contribution in [1.29, 1.82) is 0 Å². The van der Waals surface area contributed by atoms with E-state index in [9.17, 15) is 0 Å². The fourth-order valence-corrected chi connectivity index (χ4v) is 2.97. The van der Waals surface area contributed by atoms with E-state index in [0.29, 0.717) is 0 Å². The van der Waals surface area contributed by atoms with Gasteiger partial charge in [0.25, 0.3) is 0 Å². The van der Waals surface area contributed by atoms with Crippen LogP contribution in [-0.2, 0) is 0 Å². The molecule has 0 bridgehead atoms. The molecule has 0 saturated carbocycles. The number of hydrogen-bond acceptors (Lipinski definition) is 3. The normalized spacial score (nSPS) is 15.2. The molecular weight excluding hydrogens is 272 g/mol. The van der Waals surface area contributed by atoms with Gasteiger partial charge in [0.1, 0.15) is 5.76 Å². The fourth-order valence-electron chi connectivity index (χ4n) is 2.97. The minimum atomic E-state index is 0.801. The topological polar surface area (TPSA) is 28.7 Å². The first-order valence-electron chi connectivity index (χ1n) is 7.77. The second-order valence-electron chi connectivity index (χ2n) is 5.63. The molecule has 1 aromatic heterocycles. The Balaban J connectivity index is 1.60. The lowest BCUT2D eigenvalue weighted by molar-refractivity contribution is 0.550. The Morgan fingerprint density at radius 1 is 0.909 bits per heavy atom. The molecule has 0 aliphatic carbocycles. The van der Waals surface area contributed by atoms with E-state index in [1.165, 1.54) is 18.2 Å². The number of aliphatic imine (C=N–C) groups is 1. The van der Waals surface area contributed by atoms with Gasteiger partial charge in [-0.1, -0.05) is 36.4 Å². The Morgan fingerprint density at radius 2 is 1.73 bits per heavy atom. The number of fused-ring (bicyclic) bond motifs is 1. The van der Waals surface area contributed by atoms with Crippen molar-refractivity contribution in [2.75, 3.05) is 18.0 Å². The van der Waals surface area contributed by atoms with Crippen molar-refractivity contribution in [3.63, 3.8) is 0 Å². The molecule has 1 aliphatic heterocycles. The third-order valence-corrected chi connectivity index (χ3v) is 4.13. The van der Waals surface area contributed by atoms with E-state index in [1.54, 1.807) is 6.21 Å². The van der Waals surface area contributed by atoms with Crippen molar-refractivity contribution in [2.45, 2.75) is 12.8 Å². The largest absolute Gasteiger partial charge is 0.440 e. The quantitative estimate of drug-likeness (QED) is 0.649. The van der Waals surface area contributed by atoms with E-state index in [4.69, 9.17) is 4.42 Å². The van der Waals surface area contributed by atoms with Crippen LogP contribution in [0.15, 0.2) is 64.0 Å². The zero-order valence-electron chi connectivity index (χ0n) is 12.4. The second-order valence-corrected chi connectivity index (χ2v) is 5.63. The van der Waals surface area contributed by atoms with Crippen LogP contribution in [0.4, 0.5) is 11.6 Å². The number of hydrogen-bond donors (Lipinski definition) is 0. The van der Waals surface area contributed by atoms with Crippen LogP contribution in [0.25, 0.3) is 10.8 Å². The van der Waals surface area contributed by atoms with Gasteiger partial charge in [-0.2, -0.15) is 0 Å². The van der Waals surface area contributed by atoms with Crippen LogP contribution in [0.3, 0.4) is 0 Å². The molecule has 2 aromatic carbocycles. The zero-order valence-corrected chi connectivity index (χ0v) is 12.4. The van der Waals surface area contributed by atoms with Gasteiger partial charge < -0.3 is 9.32 Å². The Morgan fingerprint density at radius 3 is 2.64 bits per heavy atom. The molecule has 3 heteroatoms. The standard InChI is InChI=1S/C19H18N2O/c1-2-8-17-15(6-1)7-5-9-18(17)20-14-16-10-11-19(22-16)21-12-3-4-13-21/h1-2,5-11,14H,3-4,12-13H2. The van der Waals surface area contributed by atoms with Crippen LogP contribution < -0.4 is 4.90 Å². The lowest BCUT2D eigenvalue weighted by Crippen LogP contribution is -2.16. The molecule has 0 N–H and O–H groups in total. The van der Waals surface area contributed by atoms with Crippen LogP contribution in [0.2, 0.25) is 0 Å². The molecule has 110 valence electrons. The minimum Gasteiger partial charge on any atom is -0.440 e. The molecule has 0 radical (unpaired) electrons. The third kappa shape index (κ3) is 2.50. The van der Waals surface area contributed by atoms with Crippen LogP contribution in [0.5, 0.6) is 0 Å². The summed E-state index contributed by atoms with van der Waals surface area (Å²) >= 11 is 0. The summed E-state index contributed by atoms with van der Waals surface area (Å²) < 4.78 is 5.88. The SMILES string of the molecule is C(=Nc1cccc2ccccc12)c1ccc(N2CCCC2)o1. The van der Waals surface area contributed by atoms with Crippen molar-refractivity contribution < 1.29 is 4.42 Å². The molecule has 1 saturated heterocycles. The summed E-state index contributed by atoms with van der Waals surface area (Å²) in [6, 6.07) is 18.5. The van der Waals surface area contributed by atoms with Crippen LogP contribution >= 0.6 is 0 Å². The zero-order chi connectivity index (χ0) is 14.8. The fraction of sp³-hybridized carbons (Fsp3) is 0.211. The van der Waals surface area contributed by atoms with E-state index < -0.39 is 0 Å². The Hall–Kier alpha value is -2.55. The van der Waals surface area contributed by atoms with Gasteiger partial charge >= 0.3 is 0 Å². The maximum Gasteiger partial charge on any atom is 0.196 e. The first kappa shape index (κ1) is 13.1. The van der Waals surface area contributed by atoms with Gasteiger partial charge in [-0.15, -0.1) is 0 Å². The highest BCUT2D eigenvalue weighted by molar-refractivity contribution is 5.94. The van der Waals surface area contributed by atoms with E-state index in [0.717, 1.165) is 35.8 Å². The molecule has 22 heavy (non-hydrogen) atoms. The highest BCUT2D eigenvalue weighted by Crippen LogP contribution is 2.26. The summed E-state index contributed by atoms with van der Waals surface area (Å²) in [5.41, 5.74) is 0.970. The Bertz CT molecular complexity index is 808. The minimum absolute atomic E-state index is 0.801. The Labute approximate surface area is 129 Å². The molecule has 0 amide bonds. The van der Waals surface area contributed by atoms with Crippen LogP contribution in [0.1, 0.15) is 18.6 Å². The lowest BCUT2D eigenvalue weighted by atomic mass is 10.1. The van der Waals surface area contributed by atoms with Crippen LogP contribution in [-0.4, -0.2) is 19.3 Å². The number of anilines is 1. The maximum atomic E-state index is 5.88. The average molecular weight is 290 g/mol. The smallest absolute Gasteiger partial charge is 0.196 e. The first-order chi connectivity index (χ1) is 10.9. The highest BCUT2D eigenvalue weighted by Gasteiger charge is 2.15. The maximum absolute atomic E-state index is 5.88. The molecule has 3 nitrogen and oxygen atoms in total. The van der Waals surface area contributed by atoms with Crippen molar-refractivity contribution in [1.82, 2.24) is 0 Å². The molecule has 0 spiro atoms. The Kier molecular flexibility index (Phi) is 3.39. The lowest BCUT2D eigenvalue weighted by Gasteiger charge is -2.12. The highest BCUT2D eigenvalue weighted by atomic mass is 16.4. The molecule has 0 unspecified atom stereocenters. The number of nitrogens with zero attached hydrogens (tertiary/aromatic N) is 2. The molecular formula is C19H18N2O. The molecule has 0 atom stereocenters. The summed E-state index contributed by atoms with van der Waals surface area (Å²) in [6.07, 6.45) is 4.31. The molecule has 2 heterocycles. The van der Waals surface area contributed by atoms with Crippen molar-refractivity contribution in [3.8, 4) is 0 Å². The van der Waals surface area contributed by atoms with Gasteiger partial charge in [0.15, 0.2) is 5.88 Å². The molecule has 1 fully saturated rings. The van der Waals surface area contributed by atoms with Gasteiger partial charge in [0.2, 0.25) is 0 Å². The van der Waals surface area contributed by atoms with Gasteiger partial charge in [-0.25, -0.2) is 0 Å². The summed E-state index contributed by atoms with van der Waals surface area (Å²) in [5.74, 6) is 1.76. The second kappa shape index (κ2) is 5.68. The van der Waals surface area contributed by atoms with Gasteiger partial charge in [0, 0.05) is 24.5 Å². The molecule has 4 rings (SSSR count). The van der Waals surface area contributed by atoms with Gasteiger partial charge in [-0.05, 0) is 30.4 Å². The summed E-state index contributed by atoms with van der Waals surface area (Å²) in [7, 11) is 0. The summed E-state index contributed by atoms with van der Waals surface area (Å²) in [5, 5.41) is 2.36. The predicted octanol–water partition coefficient (Wildman–Crippen LogP) is 4.78. The van der Waals surface area contributed by atoms with E-state index in [2.05, 4.69) is 28.1 Å². The van der Waals surface area contributed by atoms with Gasteiger partial charge in [0.05, 0.1) is 11.9 Å². The van der Waals surface area contributed by atoms with E-state index in [1.807, 2.05) is 36.4 Å². The third-order valence-electron chi connectivity index (χ3n) is 4.13.